The Kier molecular flexibility index (Phi) is 4.93. The lowest BCUT2D eigenvalue weighted by Gasteiger charge is -2.20. The molecule has 7 nitrogen and oxygen atoms in total. The van der Waals surface area contributed by atoms with E-state index in [-0.39, 0.29) is 11.7 Å². The number of hydrogen-bond donors (Lipinski definition) is 2. The van der Waals surface area contributed by atoms with E-state index >= 15 is 0 Å². The van der Waals surface area contributed by atoms with Crippen LogP contribution in [-0.4, -0.2) is 27.5 Å². The Morgan fingerprint density at radius 3 is 2.76 bits per heavy atom. The number of rotatable bonds is 6. The maximum Gasteiger partial charge on any atom is 0.329 e. The molecule has 1 aromatic heterocycles. The minimum Gasteiger partial charge on any atom is -0.361 e. The Bertz CT molecular complexity index is 508. The molecule has 2 N–H and O–H groups in total. The summed E-state index contributed by atoms with van der Waals surface area (Å²) < 4.78 is 0. The lowest BCUT2D eigenvalue weighted by molar-refractivity contribution is -0.384. The maximum absolute atomic E-state index is 11.1. The highest BCUT2D eigenvalue weighted by Crippen LogP contribution is 2.34. The van der Waals surface area contributed by atoms with Gasteiger partial charge in [0, 0.05) is 12.6 Å². The molecule has 116 valence electrons. The van der Waals surface area contributed by atoms with Crippen molar-refractivity contribution in [3.8, 4) is 0 Å². The summed E-state index contributed by atoms with van der Waals surface area (Å²) in [6, 6.07) is 0.229. The van der Waals surface area contributed by atoms with Crippen LogP contribution < -0.4 is 10.6 Å². The molecule has 0 aromatic carbocycles. The van der Waals surface area contributed by atoms with Crippen LogP contribution in [0.15, 0.2) is 6.20 Å². The third kappa shape index (κ3) is 3.59. The molecule has 7 heteroatoms. The van der Waals surface area contributed by atoms with E-state index in [1.54, 1.807) is 0 Å². The van der Waals surface area contributed by atoms with Crippen molar-refractivity contribution in [1.82, 2.24) is 9.97 Å². The molecule has 1 aromatic rings. The van der Waals surface area contributed by atoms with Crippen molar-refractivity contribution >= 4 is 17.5 Å². The van der Waals surface area contributed by atoms with Gasteiger partial charge >= 0.3 is 5.69 Å². The summed E-state index contributed by atoms with van der Waals surface area (Å²) in [5.74, 6) is 1.86. The molecule has 0 bridgehead atoms. The summed E-state index contributed by atoms with van der Waals surface area (Å²) >= 11 is 0. The summed E-state index contributed by atoms with van der Waals surface area (Å²) in [6.07, 6.45) is 4.37. The standard InChI is InChI=1S/C14H23N5O2/c1-4-7-15-14-16-8-12(19(20)21)13(18-14)17-11-6-5-9(2)10(11)3/h8-11H,4-7H2,1-3H3,(H2,15,16,17,18). The van der Waals surface area contributed by atoms with E-state index in [1.807, 2.05) is 6.92 Å². The van der Waals surface area contributed by atoms with Gasteiger partial charge in [-0.15, -0.1) is 0 Å². The van der Waals surface area contributed by atoms with Gasteiger partial charge < -0.3 is 10.6 Å². The summed E-state index contributed by atoms with van der Waals surface area (Å²) in [5, 5.41) is 17.4. The summed E-state index contributed by atoms with van der Waals surface area (Å²) in [4.78, 5) is 19.0. The zero-order valence-electron chi connectivity index (χ0n) is 12.8. The third-order valence-electron chi connectivity index (χ3n) is 4.29. The van der Waals surface area contributed by atoms with Gasteiger partial charge in [-0.2, -0.15) is 4.98 Å². The number of aromatic nitrogens is 2. The fourth-order valence-corrected chi connectivity index (χ4v) is 2.68. The Hall–Kier alpha value is -1.92. The van der Waals surface area contributed by atoms with Crippen LogP contribution in [0.1, 0.15) is 40.0 Å². The van der Waals surface area contributed by atoms with Crippen molar-refractivity contribution in [2.24, 2.45) is 11.8 Å². The maximum atomic E-state index is 11.1. The minimum atomic E-state index is -0.436. The summed E-state index contributed by atoms with van der Waals surface area (Å²) in [6.45, 7) is 7.18. The van der Waals surface area contributed by atoms with Gasteiger partial charge in [0.05, 0.1) is 4.92 Å². The van der Waals surface area contributed by atoms with E-state index in [9.17, 15) is 10.1 Å². The van der Waals surface area contributed by atoms with Gasteiger partial charge in [-0.25, -0.2) is 4.98 Å². The van der Waals surface area contributed by atoms with Crippen LogP contribution in [0.5, 0.6) is 0 Å². The second-order valence-corrected chi connectivity index (χ2v) is 5.78. The van der Waals surface area contributed by atoms with Crippen molar-refractivity contribution in [2.75, 3.05) is 17.2 Å². The first-order valence-electron chi connectivity index (χ1n) is 7.54. The van der Waals surface area contributed by atoms with Crippen LogP contribution in [0.4, 0.5) is 17.5 Å². The zero-order valence-corrected chi connectivity index (χ0v) is 12.8. The molecule has 1 aliphatic rings. The number of hydrogen-bond acceptors (Lipinski definition) is 6. The molecule has 0 spiro atoms. The van der Waals surface area contributed by atoms with Crippen molar-refractivity contribution in [3.63, 3.8) is 0 Å². The molecule has 2 rings (SSSR count). The van der Waals surface area contributed by atoms with Crippen LogP contribution in [-0.2, 0) is 0 Å². The number of nitrogens with zero attached hydrogens (tertiary/aromatic N) is 3. The largest absolute Gasteiger partial charge is 0.361 e. The Morgan fingerprint density at radius 1 is 1.43 bits per heavy atom. The topological polar surface area (TPSA) is 93.0 Å². The molecule has 0 amide bonds. The van der Waals surface area contributed by atoms with Gasteiger partial charge in [0.2, 0.25) is 11.8 Å². The molecular formula is C14H23N5O2. The molecule has 1 heterocycles. The van der Waals surface area contributed by atoms with Gasteiger partial charge in [0.15, 0.2) is 0 Å². The smallest absolute Gasteiger partial charge is 0.329 e. The van der Waals surface area contributed by atoms with Crippen LogP contribution in [0.3, 0.4) is 0 Å². The highest BCUT2D eigenvalue weighted by Gasteiger charge is 2.31. The Labute approximate surface area is 124 Å². The van der Waals surface area contributed by atoms with E-state index in [1.165, 1.54) is 6.20 Å². The van der Waals surface area contributed by atoms with Gasteiger partial charge in [-0.3, -0.25) is 10.1 Å². The SMILES string of the molecule is CCCNc1ncc([N+](=O)[O-])c(NC2CCC(C)C2C)n1. The second kappa shape index (κ2) is 6.69. The fourth-order valence-electron chi connectivity index (χ4n) is 2.68. The van der Waals surface area contributed by atoms with Gasteiger partial charge in [0.25, 0.3) is 0 Å². The van der Waals surface area contributed by atoms with Crippen molar-refractivity contribution in [2.45, 2.75) is 46.1 Å². The quantitative estimate of drug-likeness (QED) is 0.618. The van der Waals surface area contributed by atoms with Crippen LogP contribution in [0, 0.1) is 22.0 Å². The molecule has 0 radical (unpaired) electrons. The number of anilines is 2. The predicted octanol–water partition coefficient (Wildman–Crippen LogP) is 3.05. The van der Waals surface area contributed by atoms with E-state index < -0.39 is 4.92 Å². The normalized spacial score (nSPS) is 24.8. The molecule has 3 unspecified atom stereocenters. The minimum absolute atomic E-state index is 0.0659. The molecular weight excluding hydrogens is 270 g/mol. The number of nitro groups is 1. The average Bonchev–Trinajstić information content (AvgIpc) is 2.77. The first kappa shape index (κ1) is 15.5. The Balaban J connectivity index is 2.20. The van der Waals surface area contributed by atoms with Crippen LogP contribution >= 0.6 is 0 Å². The van der Waals surface area contributed by atoms with Gasteiger partial charge in [-0.1, -0.05) is 20.8 Å². The van der Waals surface area contributed by atoms with Crippen LogP contribution in [0.25, 0.3) is 0 Å². The highest BCUT2D eigenvalue weighted by molar-refractivity contribution is 5.57. The lowest BCUT2D eigenvalue weighted by Crippen LogP contribution is -2.25. The Morgan fingerprint density at radius 2 is 2.19 bits per heavy atom. The van der Waals surface area contributed by atoms with Gasteiger partial charge in [-0.05, 0) is 31.1 Å². The predicted molar refractivity (Wildman–Crippen MR) is 82.4 cm³/mol. The van der Waals surface area contributed by atoms with Crippen molar-refractivity contribution in [1.29, 1.82) is 0 Å². The fraction of sp³-hybridized carbons (Fsp3) is 0.714. The van der Waals surface area contributed by atoms with E-state index in [0.29, 0.717) is 23.6 Å². The van der Waals surface area contributed by atoms with Crippen molar-refractivity contribution in [3.05, 3.63) is 16.3 Å². The first-order valence-corrected chi connectivity index (χ1v) is 7.54. The summed E-state index contributed by atoms with van der Waals surface area (Å²) in [7, 11) is 0. The van der Waals surface area contributed by atoms with Crippen molar-refractivity contribution < 1.29 is 4.92 Å². The summed E-state index contributed by atoms with van der Waals surface area (Å²) in [5.41, 5.74) is -0.0659. The van der Waals surface area contributed by atoms with E-state index in [4.69, 9.17) is 0 Å². The van der Waals surface area contributed by atoms with E-state index in [0.717, 1.165) is 25.8 Å². The average molecular weight is 293 g/mol. The second-order valence-electron chi connectivity index (χ2n) is 5.78. The monoisotopic (exact) mass is 293 g/mol. The molecule has 0 aliphatic heterocycles. The molecule has 1 aliphatic carbocycles. The van der Waals surface area contributed by atoms with Crippen LogP contribution in [0.2, 0.25) is 0 Å². The number of nitrogens with one attached hydrogen (secondary N) is 2. The first-order chi connectivity index (χ1) is 10.0. The third-order valence-corrected chi connectivity index (χ3v) is 4.29. The van der Waals surface area contributed by atoms with Gasteiger partial charge in [0.1, 0.15) is 6.20 Å². The molecule has 21 heavy (non-hydrogen) atoms. The highest BCUT2D eigenvalue weighted by atomic mass is 16.6. The molecule has 1 fully saturated rings. The zero-order chi connectivity index (χ0) is 15.4. The molecule has 3 atom stereocenters. The molecule has 0 saturated heterocycles. The molecule has 1 saturated carbocycles. The lowest BCUT2D eigenvalue weighted by atomic mass is 9.98. The van der Waals surface area contributed by atoms with E-state index in [2.05, 4.69) is 34.4 Å².